The molecule has 3 aliphatic heterocycles. The van der Waals surface area contributed by atoms with Crippen LogP contribution >= 0.6 is 0 Å². The predicted molar refractivity (Wildman–Crippen MR) is 75.4 cm³/mol. The zero-order valence-electron chi connectivity index (χ0n) is 11.3. The molecule has 3 nitrogen and oxygen atoms in total. The Hall–Kier alpha value is -1.06. The zero-order valence-corrected chi connectivity index (χ0v) is 11.3. The van der Waals surface area contributed by atoms with Crippen molar-refractivity contribution in [3.63, 3.8) is 0 Å². The van der Waals surface area contributed by atoms with Crippen LogP contribution in [0.2, 0.25) is 0 Å². The van der Waals surface area contributed by atoms with E-state index < -0.39 is 0 Å². The topological polar surface area (TPSA) is 24.5 Å². The van der Waals surface area contributed by atoms with Crippen molar-refractivity contribution in [2.24, 2.45) is 5.92 Å². The van der Waals surface area contributed by atoms with Crippen LogP contribution in [0.15, 0.2) is 24.3 Å². The van der Waals surface area contributed by atoms with Crippen molar-refractivity contribution in [1.82, 2.24) is 10.2 Å². The summed E-state index contributed by atoms with van der Waals surface area (Å²) in [7, 11) is 0. The van der Waals surface area contributed by atoms with Crippen LogP contribution < -0.4 is 10.1 Å². The van der Waals surface area contributed by atoms with Gasteiger partial charge in [-0.1, -0.05) is 18.2 Å². The molecule has 0 saturated carbocycles. The first-order valence-electron chi connectivity index (χ1n) is 7.61. The van der Waals surface area contributed by atoms with Gasteiger partial charge in [0.05, 0.1) is 6.61 Å². The van der Waals surface area contributed by atoms with Gasteiger partial charge in [-0.25, -0.2) is 0 Å². The molecule has 1 N–H and O–H groups in total. The van der Waals surface area contributed by atoms with E-state index >= 15 is 0 Å². The molecule has 19 heavy (non-hydrogen) atoms. The molecule has 1 aromatic carbocycles. The zero-order chi connectivity index (χ0) is 12.7. The van der Waals surface area contributed by atoms with Gasteiger partial charge in [0, 0.05) is 30.6 Å². The normalized spacial score (nSPS) is 34.4. The molecule has 3 aliphatic rings. The van der Waals surface area contributed by atoms with Crippen LogP contribution in [0, 0.1) is 5.92 Å². The van der Waals surface area contributed by atoms with Gasteiger partial charge in [0.2, 0.25) is 0 Å². The van der Waals surface area contributed by atoms with Crippen LogP contribution in [0.1, 0.15) is 30.9 Å². The molecule has 0 bridgehead atoms. The number of likely N-dealkylation sites (tertiary alicyclic amines) is 1. The fraction of sp³-hybridized carbons (Fsp3) is 0.625. The number of nitrogens with zero attached hydrogens (tertiary/aromatic N) is 1. The number of piperidine rings is 1. The molecule has 0 aliphatic carbocycles. The van der Waals surface area contributed by atoms with Gasteiger partial charge in [0.25, 0.3) is 0 Å². The van der Waals surface area contributed by atoms with Gasteiger partial charge in [-0.15, -0.1) is 0 Å². The van der Waals surface area contributed by atoms with Gasteiger partial charge in [-0.3, -0.25) is 4.90 Å². The summed E-state index contributed by atoms with van der Waals surface area (Å²) < 4.78 is 5.81. The molecule has 2 saturated heterocycles. The lowest BCUT2D eigenvalue weighted by molar-refractivity contribution is 0.0541. The van der Waals surface area contributed by atoms with Crippen LogP contribution in [0.5, 0.6) is 5.75 Å². The third-order valence-electron chi connectivity index (χ3n) is 5.05. The van der Waals surface area contributed by atoms with E-state index in [4.69, 9.17) is 4.74 Å². The Bertz CT molecular complexity index is 462. The monoisotopic (exact) mass is 258 g/mol. The van der Waals surface area contributed by atoms with Gasteiger partial charge in [0.15, 0.2) is 0 Å². The Balaban J connectivity index is 1.65. The second-order valence-electron chi connectivity index (χ2n) is 6.06. The van der Waals surface area contributed by atoms with E-state index in [2.05, 4.69) is 34.5 Å². The van der Waals surface area contributed by atoms with Crippen LogP contribution in [0.4, 0.5) is 0 Å². The van der Waals surface area contributed by atoms with Gasteiger partial charge in [0.1, 0.15) is 5.75 Å². The lowest BCUT2D eigenvalue weighted by Crippen LogP contribution is -2.47. The summed E-state index contributed by atoms with van der Waals surface area (Å²) >= 11 is 0. The first-order valence-corrected chi connectivity index (χ1v) is 7.61. The summed E-state index contributed by atoms with van der Waals surface area (Å²) in [6, 6.07) is 9.91. The first-order chi connectivity index (χ1) is 9.43. The highest BCUT2D eigenvalue weighted by molar-refractivity contribution is 5.37. The highest BCUT2D eigenvalue weighted by Gasteiger charge is 2.39. The van der Waals surface area contributed by atoms with E-state index in [9.17, 15) is 0 Å². The number of hydrogen-bond donors (Lipinski definition) is 1. The Morgan fingerprint density at radius 1 is 1.16 bits per heavy atom. The first kappa shape index (κ1) is 11.7. The fourth-order valence-corrected chi connectivity index (χ4v) is 4.16. The van der Waals surface area contributed by atoms with Crippen molar-refractivity contribution >= 4 is 0 Å². The van der Waals surface area contributed by atoms with E-state index in [0.29, 0.717) is 6.04 Å². The standard InChI is InChI=1S/C16H22N2O/c1-2-6-16-13(5-1)14(7-9-19-16)18-8-3-4-12-10-17-11-15(12)18/h1-2,5-6,12,14-15,17H,3-4,7-11H2. The van der Waals surface area contributed by atoms with Gasteiger partial charge >= 0.3 is 0 Å². The molecule has 3 unspecified atom stereocenters. The molecular weight excluding hydrogens is 236 g/mol. The summed E-state index contributed by atoms with van der Waals surface area (Å²) in [6.07, 6.45) is 3.89. The Morgan fingerprint density at radius 2 is 2.11 bits per heavy atom. The van der Waals surface area contributed by atoms with Crippen molar-refractivity contribution in [3.8, 4) is 5.75 Å². The van der Waals surface area contributed by atoms with Crippen LogP contribution in [0.25, 0.3) is 0 Å². The number of hydrogen-bond acceptors (Lipinski definition) is 3. The maximum Gasteiger partial charge on any atom is 0.124 e. The molecule has 3 atom stereocenters. The number of benzene rings is 1. The molecule has 0 spiro atoms. The summed E-state index contributed by atoms with van der Waals surface area (Å²) in [6.45, 7) is 4.50. The van der Waals surface area contributed by atoms with Crippen LogP contribution in [-0.2, 0) is 0 Å². The van der Waals surface area contributed by atoms with Crippen molar-refractivity contribution in [1.29, 1.82) is 0 Å². The molecule has 1 aromatic rings. The maximum absolute atomic E-state index is 5.81. The van der Waals surface area contributed by atoms with E-state index in [0.717, 1.165) is 30.7 Å². The van der Waals surface area contributed by atoms with E-state index in [1.165, 1.54) is 38.0 Å². The highest BCUT2D eigenvalue weighted by Crippen LogP contribution is 2.40. The molecule has 2 fully saturated rings. The SMILES string of the molecule is c1ccc2c(c1)OCCC2N1CCCC2CNCC21. The average Bonchev–Trinajstić information content (AvgIpc) is 2.95. The summed E-state index contributed by atoms with van der Waals surface area (Å²) in [5.41, 5.74) is 1.40. The minimum absolute atomic E-state index is 0.567. The molecule has 4 rings (SSSR count). The number of nitrogens with one attached hydrogen (secondary N) is 1. The molecular formula is C16H22N2O. The Kier molecular flexibility index (Phi) is 2.97. The summed E-state index contributed by atoms with van der Waals surface area (Å²) in [4.78, 5) is 2.76. The largest absolute Gasteiger partial charge is 0.493 e. The molecule has 3 heteroatoms. The van der Waals surface area contributed by atoms with Crippen molar-refractivity contribution < 1.29 is 4.74 Å². The number of rotatable bonds is 1. The van der Waals surface area contributed by atoms with Gasteiger partial charge < -0.3 is 10.1 Å². The number of ether oxygens (including phenoxy) is 1. The number of fused-ring (bicyclic) bond motifs is 2. The summed E-state index contributed by atoms with van der Waals surface area (Å²) in [5.74, 6) is 1.97. The van der Waals surface area contributed by atoms with Gasteiger partial charge in [-0.05, 0) is 37.9 Å². The average molecular weight is 258 g/mol. The Morgan fingerprint density at radius 3 is 3.11 bits per heavy atom. The second kappa shape index (κ2) is 4.80. The van der Waals surface area contributed by atoms with E-state index in [1.54, 1.807) is 0 Å². The minimum Gasteiger partial charge on any atom is -0.493 e. The molecule has 0 amide bonds. The number of para-hydroxylation sites is 1. The molecule has 0 radical (unpaired) electrons. The minimum atomic E-state index is 0.567. The highest BCUT2D eigenvalue weighted by atomic mass is 16.5. The molecule has 102 valence electrons. The van der Waals surface area contributed by atoms with E-state index in [1.807, 2.05) is 0 Å². The fourth-order valence-electron chi connectivity index (χ4n) is 4.16. The van der Waals surface area contributed by atoms with Crippen molar-refractivity contribution in [2.75, 3.05) is 26.2 Å². The lowest BCUT2D eigenvalue weighted by atomic mass is 9.88. The third-order valence-corrected chi connectivity index (χ3v) is 5.05. The maximum atomic E-state index is 5.81. The van der Waals surface area contributed by atoms with E-state index in [-0.39, 0.29) is 0 Å². The summed E-state index contributed by atoms with van der Waals surface area (Å²) in [5, 5.41) is 3.58. The smallest absolute Gasteiger partial charge is 0.124 e. The van der Waals surface area contributed by atoms with Crippen LogP contribution in [-0.4, -0.2) is 37.2 Å². The van der Waals surface area contributed by atoms with Crippen molar-refractivity contribution in [3.05, 3.63) is 29.8 Å². The Labute approximate surface area is 114 Å². The van der Waals surface area contributed by atoms with Crippen LogP contribution in [0.3, 0.4) is 0 Å². The predicted octanol–water partition coefficient (Wildman–Crippen LogP) is 2.19. The molecule has 0 aromatic heterocycles. The second-order valence-corrected chi connectivity index (χ2v) is 6.06. The third kappa shape index (κ3) is 1.96. The molecule has 3 heterocycles. The van der Waals surface area contributed by atoms with Crippen molar-refractivity contribution in [2.45, 2.75) is 31.3 Å². The van der Waals surface area contributed by atoms with Gasteiger partial charge in [-0.2, -0.15) is 0 Å². The quantitative estimate of drug-likeness (QED) is 0.835. The lowest BCUT2D eigenvalue weighted by Gasteiger charge is -2.44.